The van der Waals surface area contributed by atoms with Crippen molar-refractivity contribution in [1.29, 1.82) is 0 Å². The predicted octanol–water partition coefficient (Wildman–Crippen LogP) is 3.10. The number of methoxy groups -OCH3 is 2. The summed E-state index contributed by atoms with van der Waals surface area (Å²) in [6.45, 7) is 3.29. The van der Waals surface area contributed by atoms with Crippen LogP contribution in [0.2, 0.25) is 0 Å². The number of piperazine rings is 1. The van der Waals surface area contributed by atoms with Gasteiger partial charge in [-0.1, -0.05) is 11.2 Å². The van der Waals surface area contributed by atoms with Crippen molar-refractivity contribution in [2.75, 3.05) is 45.7 Å². The first-order valence-corrected chi connectivity index (χ1v) is 10.0. The highest BCUT2D eigenvalue weighted by molar-refractivity contribution is 5.89. The SMILES string of the molecule is COc1ccc(-c2nc(CN3CCN(C(=O)Nc4cccc(OC)c4)CC3)no2)cc1. The Labute approximate surface area is 180 Å². The molecule has 1 fully saturated rings. The third-order valence-electron chi connectivity index (χ3n) is 5.15. The number of hydrogen-bond acceptors (Lipinski definition) is 7. The van der Waals surface area contributed by atoms with Crippen molar-refractivity contribution in [3.8, 4) is 23.0 Å². The minimum absolute atomic E-state index is 0.116. The normalized spacial score (nSPS) is 14.3. The van der Waals surface area contributed by atoms with Crippen LogP contribution < -0.4 is 14.8 Å². The second-order valence-electron chi connectivity index (χ2n) is 7.17. The number of nitrogens with zero attached hydrogens (tertiary/aromatic N) is 4. The van der Waals surface area contributed by atoms with Crippen molar-refractivity contribution < 1.29 is 18.8 Å². The van der Waals surface area contributed by atoms with E-state index in [0.29, 0.717) is 42.8 Å². The summed E-state index contributed by atoms with van der Waals surface area (Å²) in [6.07, 6.45) is 0. The fraction of sp³-hybridized carbons (Fsp3) is 0.318. The maximum atomic E-state index is 12.5. The maximum Gasteiger partial charge on any atom is 0.321 e. The van der Waals surface area contributed by atoms with Gasteiger partial charge in [0.1, 0.15) is 11.5 Å². The van der Waals surface area contributed by atoms with Crippen LogP contribution in [0.25, 0.3) is 11.5 Å². The molecule has 1 aromatic heterocycles. The molecule has 2 aromatic carbocycles. The van der Waals surface area contributed by atoms with Crippen LogP contribution in [0.1, 0.15) is 5.82 Å². The molecule has 0 aliphatic carbocycles. The molecule has 1 N–H and O–H groups in total. The Hall–Kier alpha value is -3.59. The van der Waals surface area contributed by atoms with Crippen LogP contribution in [0.15, 0.2) is 53.1 Å². The zero-order valence-corrected chi connectivity index (χ0v) is 17.6. The number of hydrogen-bond donors (Lipinski definition) is 1. The summed E-state index contributed by atoms with van der Waals surface area (Å²) in [7, 11) is 3.23. The number of ether oxygens (including phenoxy) is 2. The number of carbonyl (C=O) groups is 1. The quantitative estimate of drug-likeness (QED) is 0.651. The average molecular weight is 423 g/mol. The van der Waals surface area contributed by atoms with Crippen LogP contribution in [0.4, 0.5) is 10.5 Å². The summed E-state index contributed by atoms with van der Waals surface area (Å²) in [5, 5.41) is 7.01. The fourth-order valence-corrected chi connectivity index (χ4v) is 3.38. The number of anilines is 1. The third-order valence-corrected chi connectivity index (χ3v) is 5.15. The molecule has 1 aliphatic heterocycles. The Bertz CT molecular complexity index is 1010. The van der Waals surface area contributed by atoms with Crippen molar-refractivity contribution in [2.24, 2.45) is 0 Å². The van der Waals surface area contributed by atoms with E-state index in [1.165, 1.54) is 0 Å². The van der Waals surface area contributed by atoms with E-state index in [4.69, 9.17) is 14.0 Å². The van der Waals surface area contributed by atoms with Crippen LogP contribution in [-0.4, -0.2) is 66.4 Å². The monoisotopic (exact) mass is 423 g/mol. The van der Waals surface area contributed by atoms with Crippen LogP contribution in [0, 0.1) is 0 Å². The van der Waals surface area contributed by atoms with E-state index in [9.17, 15) is 4.79 Å². The van der Waals surface area contributed by atoms with Gasteiger partial charge in [-0.05, 0) is 36.4 Å². The predicted molar refractivity (Wildman–Crippen MR) is 115 cm³/mol. The Morgan fingerprint density at radius 2 is 1.77 bits per heavy atom. The molecule has 2 heterocycles. The van der Waals surface area contributed by atoms with Gasteiger partial charge in [0.25, 0.3) is 5.89 Å². The number of urea groups is 1. The van der Waals surface area contributed by atoms with Crippen molar-refractivity contribution in [1.82, 2.24) is 19.9 Å². The smallest absolute Gasteiger partial charge is 0.321 e. The minimum Gasteiger partial charge on any atom is -0.497 e. The van der Waals surface area contributed by atoms with Gasteiger partial charge in [-0.15, -0.1) is 0 Å². The summed E-state index contributed by atoms with van der Waals surface area (Å²) in [5.41, 5.74) is 1.56. The number of amides is 2. The lowest BCUT2D eigenvalue weighted by Gasteiger charge is -2.34. The van der Waals surface area contributed by atoms with E-state index in [1.807, 2.05) is 42.5 Å². The Morgan fingerprint density at radius 3 is 2.48 bits per heavy atom. The molecular formula is C22H25N5O4. The zero-order chi connectivity index (χ0) is 21.6. The van der Waals surface area contributed by atoms with E-state index >= 15 is 0 Å². The molecule has 1 aliphatic rings. The van der Waals surface area contributed by atoms with Gasteiger partial charge in [0.05, 0.1) is 20.8 Å². The molecule has 31 heavy (non-hydrogen) atoms. The van der Waals surface area contributed by atoms with Crippen molar-refractivity contribution >= 4 is 11.7 Å². The standard InChI is InChI=1S/C22H25N5O4/c1-29-18-8-6-16(7-9-18)21-24-20(25-31-21)15-26-10-12-27(13-11-26)22(28)23-17-4-3-5-19(14-17)30-2/h3-9,14H,10-13,15H2,1-2H3,(H,23,28). The molecule has 0 bridgehead atoms. The van der Waals surface area contributed by atoms with Gasteiger partial charge < -0.3 is 24.2 Å². The number of carbonyl (C=O) groups excluding carboxylic acids is 1. The number of benzene rings is 2. The molecule has 4 rings (SSSR count). The van der Waals surface area contributed by atoms with Gasteiger partial charge in [0.2, 0.25) is 0 Å². The molecule has 3 aromatic rings. The molecule has 0 atom stereocenters. The largest absolute Gasteiger partial charge is 0.497 e. The zero-order valence-electron chi connectivity index (χ0n) is 17.6. The lowest BCUT2D eigenvalue weighted by Crippen LogP contribution is -2.49. The molecule has 0 spiro atoms. The van der Waals surface area contributed by atoms with E-state index in [1.54, 1.807) is 25.2 Å². The first kappa shape index (κ1) is 20.7. The first-order chi connectivity index (χ1) is 15.1. The molecule has 9 heteroatoms. The fourth-order valence-electron chi connectivity index (χ4n) is 3.38. The van der Waals surface area contributed by atoms with E-state index < -0.39 is 0 Å². The first-order valence-electron chi connectivity index (χ1n) is 10.0. The summed E-state index contributed by atoms with van der Waals surface area (Å²) in [5.74, 6) is 2.59. The highest BCUT2D eigenvalue weighted by Crippen LogP contribution is 2.21. The third kappa shape index (κ3) is 5.13. The minimum atomic E-state index is -0.116. The van der Waals surface area contributed by atoms with Crippen LogP contribution >= 0.6 is 0 Å². The molecular weight excluding hydrogens is 398 g/mol. The lowest BCUT2D eigenvalue weighted by molar-refractivity contribution is 0.140. The summed E-state index contributed by atoms with van der Waals surface area (Å²) < 4.78 is 15.8. The molecule has 162 valence electrons. The van der Waals surface area contributed by atoms with E-state index in [0.717, 1.165) is 24.4 Å². The molecule has 0 unspecified atom stereocenters. The molecule has 0 radical (unpaired) electrons. The summed E-state index contributed by atoms with van der Waals surface area (Å²) in [6, 6.07) is 14.7. The molecule has 0 saturated carbocycles. The van der Waals surface area contributed by atoms with E-state index in [-0.39, 0.29) is 6.03 Å². The van der Waals surface area contributed by atoms with Gasteiger partial charge >= 0.3 is 6.03 Å². The van der Waals surface area contributed by atoms with Gasteiger partial charge in [0, 0.05) is 43.5 Å². The topological polar surface area (TPSA) is 93.0 Å². The van der Waals surface area contributed by atoms with Crippen LogP contribution in [-0.2, 0) is 6.54 Å². The van der Waals surface area contributed by atoms with Crippen LogP contribution in [0.3, 0.4) is 0 Å². The summed E-state index contributed by atoms with van der Waals surface area (Å²) >= 11 is 0. The molecule has 2 amide bonds. The van der Waals surface area contributed by atoms with Gasteiger partial charge in [-0.25, -0.2) is 4.79 Å². The van der Waals surface area contributed by atoms with Gasteiger partial charge in [0.15, 0.2) is 5.82 Å². The van der Waals surface area contributed by atoms with Gasteiger partial charge in [-0.2, -0.15) is 4.98 Å². The lowest BCUT2D eigenvalue weighted by atomic mass is 10.2. The second-order valence-corrected chi connectivity index (χ2v) is 7.17. The Morgan fingerprint density at radius 1 is 1.03 bits per heavy atom. The molecule has 9 nitrogen and oxygen atoms in total. The van der Waals surface area contributed by atoms with Crippen molar-refractivity contribution in [2.45, 2.75) is 6.54 Å². The van der Waals surface area contributed by atoms with E-state index in [2.05, 4.69) is 20.4 Å². The van der Waals surface area contributed by atoms with Gasteiger partial charge in [-0.3, -0.25) is 4.90 Å². The number of rotatable bonds is 6. The average Bonchev–Trinajstić information content (AvgIpc) is 3.28. The maximum absolute atomic E-state index is 12.5. The van der Waals surface area contributed by atoms with Crippen LogP contribution in [0.5, 0.6) is 11.5 Å². The highest BCUT2D eigenvalue weighted by atomic mass is 16.5. The number of nitrogens with one attached hydrogen (secondary N) is 1. The summed E-state index contributed by atoms with van der Waals surface area (Å²) in [4.78, 5) is 21.0. The molecule has 1 saturated heterocycles. The van der Waals surface area contributed by atoms with Crippen molar-refractivity contribution in [3.05, 3.63) is 54.4 Å². The number of aromatic nitrogens is 2. The van der Waals surface area contributed by atoms with Crippen molar-refractivity contribution in [3.63, 3.8) is 0 Å². The second kappa shape index (κ2) is 9.48. The Balaban J connectivity index is 1.28. The Kier molecular flexibility index (Phi) is 6.32. The highest BCUT2D eigenvalue weighted by Gasteiger charge is 2.22.